The predicted molar refractivity (Wildman–Crippen MR) is 66.1 cm³/mol. The average molecular weight is 291 g/mol. The maximum Gasteiger partial charge on any atom is 0.123 e. The van der Waals surface area contributed by atoms with Gasteiger partial charge in [-0.05, 0) is 35.7 Å². The molecular formula is C11H19BrN2O2. The van der Waals surface area contributed by atoms with Crippen LogP contribution in [0, 0.1) is 5.92 Å². The molecule has 2 unspecified atom stereocenters. The minimum atomic E-state index is -0.917. The van der Waals surface area contributed by atoms with E-state index in [1.807, 2.05) is 27.7 Å². The molecule has 16 heavy (non-hydrogen) atoms. The summed E-state index contributed by atoms with van der Waals surface area (Å²) in [7, 11) is 0. The van der Waals surface area contributed by atoms with E-state index in [0.717, 1.165) is 4.47 Å². The van der Waals surface area contributed by atoms with Crippen LogP contribution in [0.5, 0.6) is 0 Å². The van der Waals surface area contributed by atoms with Gasteiger partial charge in [-0.25, -0.2) is 0 Å². The summed E-state index contributed by atoms with van der Waals surface area (Å²) in [5.41, 5.74) is 0.635. The smallest absolute Gasteiger partial charge is 0.123 e. The molecule has 1 heterocycles. The minimum absolute atomic E-state index is 0.00240. The summed E-state index contributed by atoms with van der Waals surface area (Å²) in [5.74, 6) is -0.00240. The summed E-state index contributed by atoms with van der Waals surface area (Å²) < 4.78 is 2.45. The average Bonchev–Trinajstić information content (AvgIpc) is 2.57. The molecule has 0 aromatic carbocycles. The van der Waals surface area contributed by atoms with Crippen molar-refractivity contribution < 1.29 is 10.2 Å². The Labute approximate surface area is 104 Å². The van der Waals surface area contributed by atoms with E-state index in [-0.39, 0.29) is 12.0 Å². The number of aliphatic hydroxyl groups excluding tert-OH is 2. The van der Waals surface area contributed by atoms with Crippen LogP contribution in [0.15, 0.2) is 10.7 Å². The van der Waals surface area contributed by atoms with Crippen molar-refractivity contribution >= 4 is 15.9 Å². The number of hydrogen-bond donors (Lipinski definition) is 2. The fourth-order valence-electron chi connectivity index (χ4n) is 1.57. The Morgan fingerprint density at radius 3 is 2.25 bits per heavy atom. The topological polar surface area (TPSA) is 58.3 Å². The highest BCUT2D eigenvalue weighted by atomic mass is 79.9. The molecule has 0 amide bonds. The molecule has 0 spiro atoms. The Hall–Kier alpha value is -0.390. The van der Waals surface area contributed by atoms with Gasteiger partial charge in [0.2, 0.25) is 0 Å². The van der Waals surface area contributed by atoms with E-state index in [0.29, 0.717) is 5.69 Å². The standard InChI is InChI=1S/C11H19BrN2O2/c1-6(2)10(15)11(16)9-8(12)5-13-14(9)7(3)4/h5-7,10-11,15-16H,1-4H3. The van der Waals surface area contributed by atoms with Crippen LogP contribution in [-0.4, -0.2) is 26.1 Å². The Kier molecular flexibility index (Phi) is 4.52. The first-order valence-electron chi connectivity index (χ1n) is 5.45. The first kappa shape index (κ1) is 13.7. The summed E-state index contributed by atoms with van der Waals surface area (Å²) in [6.07, 6.45) is -0.0595. The molecule has 0 saturated heterocycles. The molecule has 2 N–H and O–H groups in total. The van der Waals surface area contributed by atoms with Gasteiger partial charge in [0.1, 0.15) is 6.10 Å². The first-order chi connectivity index (χ1) is 7.36. The van der Waals surface area contributed by atoms with E-state index in [9.17, 15) is 10.2 Å². The van der Waals surface area contributed by atoms with Crippen LogP contribution in [0.4, 0.5) is 0 Å². The second kappa shape index (κ2) is 5.29. The van der Waals surface area contributed by atoms with Gasteiger partial charge in [-0.2, -0.15) is 5.10 Å². The number of rotatable bonds is 4. The van der Waals surface area contributed by atoms with Gasteiger partial charge in [0.15, 0.2) is 0 Å². The van der Waals surface area contributed by atoms with Crippen molar-refractivity contribution in [1.29, 1.82) is 0 Å². The van der Waals surface area contributed by atoms with Gasteiger partial charge in [0, 0.05) is 6.04 Å². The van der Waals surface area contributed by atoms with Gasteiger partial charge < -0.3 is 10.2 Å². The molecule has 1 aromatic rings. The SMILES string of the molecule is CC(C)C(O)C(O)c1c(Br)cnn1C(C)C. The lowest BCUT2D eigenvalue weighted by atomic mass is 9.99. The molecule has 5 heteroatoms. The van der Waals surface area contributed by atoms with Crippen LogP contribution in [-0.2, 0) is 0 Å². The van der Waals surface area contributed by atoms with Crippen molar-refractivity contribution in [3.63, 3.8) is 0 Å². The molecule has 0 aliphatic heterocycles. The zero-order chi connectivity index (χ0) is 12.5. The van der Waals surface area contributed by atoms with E-state index < -0.39 is 12.2 Å². The second-order valence-electron chi connectivity index (χ2n) is 4.60. The van der Waals surface area contributed by atoms with Crippen LogP contribution in [0.1, 0.15) is 45.5 Å². The van der Waals surface area contributed by atoms with E-state index in [1.54, 1.807) is 10.9 Å². The third-order valence-electron chi connectivity index (χ3n) is 2.56. The van der Waals surface area contributed by atoms with Crippen molar-refractivity contribution in [3.05, 3.63) is 16.4 Å². The van der Waals surface area contributed by atoms with E-state index in [1.165, 1.54) is 0 Å². The highest BCUT2D eigenvalue weighted by molar-refractivity contribution is 9.10. The van der Waals surface area contributed by atoms with Gasteiger partial charge in [0.25, 0.3) is 0 Å². The van der Waals surface area contributed by atoms with Gasteiger partial charge in [-0.3, -0.25) is 4.68 Å². The molecule has 0 aliphatic rings. The number of aliphatic hydroxyl groups is 2. The zero-order valence-corrected chi connectivity index (χ0v) is 11.6. The summed E-state index contributed by atoms with van der Waals surface area (Å²) in [6.45, 7) is 7.71. The highest BCUT2D eigenvalue weighted by Crippen LogP contribution is 2.29. The van der Waals surface area contributed by atoms with Crippen molar-refractivity contribution in [2.45, 2.75) is 45.9 Å². The molecule has 4 nitrogen and oxygen atoms in total. The van der Waals surface area contributed by atoms with Crippen molar-refractivity contribution in [2.75, 3.05) is 0 Å². The molecule has 1 rings (SSSR count). The molecule has 1 aromatic heterocycles. The Balaban J connectivity index is 3.06. The molecule has 0 radical (unpaired) electrons. The summed E-state index contributed by atoms with van der Waals surface area (Å²) in [5, 5.41) is 24.2. The van der Waals surface area contributed by atoms with E-state index in [4.69, 9.17) is 0 Å². The summed E-state index contributed by atoms with van der Waals surface area (Å²) in [4.78, 5) is 0. The molecule has 0 saturated carbocycles. The van der Waals surface area contributed by atoms with Crippen LogP contribution < -0.4 is 0 Å². The lowest BCUT2D eigenvalue weighted by molar-refractivity contribution is -0.0149. The lowest BCUT2D eigenvalue weighted by Crippen LogP contribution is -2.27. The monoisotopic (exact) mass is 290 g/mol. The molecule has 0 bridgehead atoms. The maximum atomic E-state index is 10.1. The van der Waals surface area contributed by atoms with Gasteiger partial charge >= 0.3 is 0 Å². The van der Waals surface area contributed by atoms with Crippen molar-refractivity contribution in [1.82, 2.24) is 9.78 Å². The second-order valence-corrected chi connectivity index (χ2v) is 5.45. The number of halogens is 1. The number of hydrogen-bond acceptors (Lipinski definition) is 3. The van der Waals surface area contributed by atoms with Gasteiger partial charge in [-0.1, -0.05) is 13.8 Å². The normalized spacial score (nSPS) is 15.8. The quantitative estimate of drug-likeness (QED) is 0.894. The molecular weight excluding hydrogens is 272 g/mol. The van der Waals surface area contributed by atoms with Crippen LogP contribution >= 0.6 is 15.9 Å². The van der Waals surface area contributed by atoms with Gasteiger partial charge in [0.05, 0.1) is 22.5 Å². The number of nitrogens with zero attached hydrogens (tertiary/aromatic N) is 2. The summed E-state index contributed by atoms with van der Waals surface area (Å²) in [6, 6.07) is 0.148. The third kappa shape index (κ3) is 2.64. The van der Waals surface area contributed by atoms with E-state index >= 15 is 0 Å². The molecule has 0 fully saturated rings. The van der Waals surface area contributed by atoms with Gasteiger partial charge in [-0.15, -0.1) is 0 Å². The lowest BCUT2D eigenvalue weighted by Gasteiger charge is -2.23. The summed E-state index contributed by atoms with van der Waals surface area (Å²) >= 11 is 3.35. The maximum absolute atomic E-state index is 10.1. The molecule has 2 atom stereocenters. The van der Waals surface area contributed by atoms with Crippen LogP contribution in [0.2, 0.25) is 0 Å². The first-order valence-corrected chi connectivity index (χ1v) is 6.24. The molecule has 92 valence electrons. The highest BCUT2D eigenvalue weighted by Gasteiger charge is 2.27. The Bertz CT molecular complexity index is 350. The van der Waals surface area contributed by atoms with Crippen molar-refractivity contribution in [3.8, 4) is 0 Å². The van der Waals surface area contributed by atoms with Crippen LogP contribution in [0.25, 0.3) is 0 Å². The predicted octanol–water partition coefficient (Wildman–Crippen LogP) is 2.28. The van der Waals surface area contributed by atoms with E-state index in [2.05, 4.69) is 21.0 Å². The fourth-order valence-corrected chi connectivity index (χ4v) is 2.07. The Morgan fingerprint density at radius 2 is 1.81 bits per heavy atom. The zero-order valence-electron chi connectivity index (χ0n) is 10.1. The van der Waals surface area contributed by atoms with Crippen molar-refractivity contribution in [2.24, 2.45) is 5.92 Å². The number of aromatic nitrogens is 2. The minimum Gasteiger partial charge on any atom is -0.390 e. The fraction of sp³-hybridized carbons (Fsp3) is 0.727. The van der Waals surface area contributed by atoms with Crippen LogP contribution in [0.3, 0.4) is 0 Å². The molecule has 0 aliphatic carbocycles. The Morgan fingerprint density at radius 1 is 1.25 bits per heavy atom. The third-order valence-corrected chi connectivity index (χ3v) is 3.17. The largest absolute Gasteiger partial charge is 0.390 e.